The fraction of sp³-hybridized carbons (Fsp3) is 0.417. The van der Waals surface area contributed by atoms with Crippen molar-refractivity contribution in [3.8, 4) is 5.75 Å². The molecule has 1 amide bonds. The van der Waals surface area contributed by atoms with Gasteiger partial charge in [-0.15, -0.1) is 0 Å². The molecule has 0 aliphatic carbocycles. The second kappa shape index (κ2) is 3.57. The molecule has 3 nitrogen and oxygen atoms in total. The van der Waals surface area contributed by atoms with Gasteiger partial charge in [0.2, 0.25) is 0 Å². The first-order chi connectivity index (χ1) is 7.09. The van der Waals surface area contributed by atoms with Crippen molar-refractivity contribution in [3.63, 3.8) is 0 Å². The Balaban J connectivity index is 2.48. The lowest BCUT2D eigenvalue weighted by molar-refractivity contribution is -0.121. The van der Waals surface area contributed by atoms with Gasteiger partial charge in [0.15, 0.2) is 6.61 Å². The molecule has 3 heteroatoms. The van der Waals surface area contributed by atoms with Gasteiger partial charge >= 0.3 is 0 Å². The number of benzene rings is 1. The minimum absolute atomic E-state index is 0.0290. The number of carbonyl (C=O) groups is 1. The lowest BCUT2D eigenvalue weighted by atomic mass is 10.1. The quantitative estimate of drug-likeness (QED) is 0.703. The van der Waals surface area contributed by atoms with Crippen molar-refractivity contribution in [3.05, 3.63) is 23.8 Å². The molecule has 15 heavy (non-hydrogen) atoms. The number of nitrogens with zero attached hydrogens (tertiary/aromatic N) is 1. The van der Waals surface area contributed by atoms with E-state index in [1.807, 2.05) is 39.0 Å². The average molecular weight is 205 g/mol. The highest BCUT2D eigenvalue weighted by Gasteiger charge is 2.27. The van der Waals surface area contributed by atoms with E-state index in [-0.39, 0.29) is 18.6 Å². The van der Waals surface area contributed by atoms with Crippen molar-refractivity contribution in [2.24, 2.45) is 0 Å². The minimum Gasteiger partial charge on any atom is -0.482 e. The predicted molar refractivity (Wildman–Crippen MR) is 59.3 cm³/mol. The molecule has 1 aliphatic heterocycles. The molecule has 0 saturated carbocycles. The van der Waals surface area contributed by atoms with Crippen LogP contribution < -0.4 is 9.64 Å². The van der Waals surface area contributed by atoms with Crippen molar-refractivity contribution >= 4 is 11.6 Å². The fourth-order valence-corrected chi connectivity index (χ4v) is 1.85. The Bertz CT molecular complexity index is 399. The van der Waals surface area contributed by atoms with Crippen LogP contribution in [0, 0.1) is 6.92 Å². The van der Waals surface area contributed by atoms with E-state index in [1.165, 1.54) is 0 Å². The van der Waals surface area contributed by atoms with E-state index < -0.39 is 0 Å². The molecular weight excluding hydrogens is 190 g/mol. The second-order valence-electron chi connectivity index (χ2n) is 4.12. The minimum atomic E-state index is 0.0290. The lowest BCUT2D eigenvalue weighted by Crippen LogP contribution is -2.43. The van der Waals surface area contributed by atoms with Crippen molar-refractivity contribution in [1.29, 1.82) is 0 Å². The van der Waals surface area contributed by atoms with Crippen LogP contribution in [0.5, 0.6) is 5.75 Å². The molecule has 1 heterocycles. The Labute approximate surface area is 89.7 Å². The van der Waals surface area contributed by atoms with E-state index in [1.54, 1.807) is 4.90 Å². The van der Waals surface area contributed by atoms with Gasteiger partial charge in [-0.05, 0) is 38.5 Å². The van der Waals surface area contributed by atoms with Gasteiger partial charge in [-0.1, -0.05) is 6.07 Å². The molecule has 0 saturated heterocycles. The standard InChI is InChI=1S/C12H15NO2/c1-8(2)13-10-5-4-9(3)6-11(10)15-7-12(13)14/h4-6,8H,7H2,1-3H3. The highest BCUT2D eigenvalue weighted by molar-refractivity contribution is 5.98. The van der Waals surface area contributed by atoms with Crippen LogP contribution >= 0.6 is 0 Å². The molecule has 0 aromatic heterocycles. The molecule has 0 unspecified atom stereocenters. The van der Waals surface area contributed by atoms with Gasteiger partial charge < -0.3 is 9.64 Å². The molecule has 0 fully saturated rings. The number of ether oxygens (including phenoxy) is 1. The first-order valence-electron chi connectivity index (χ1n) is 5.15. The van der Waals surface area contributed by atoms with Gasteiger partial charge in [0.05, 0.1) is 5.69 Å². The number of rotatable bonds is 1. The Morgan fingerprint density at radius 3 is 2.80 bits per heavy atom. The normalized spacial score (nSPS) is 15.2. The first kappa shape index (κ1) is 10.0. The summed E-state index contributed by atoms with van der Waals surface area (Å²) in [5.41, 5.74) is 2.03. The van der Waals surface area contributed by atoms with Crippen LogP contribution in [0.1, 0.15) is 19.4 Å². The topological polar surface area (TPSA) is 29.5 Å². The Morgan fingerprint density at radius 2 is 2.13 bits per heavy atom. The van der Waals surface area contributed by atoms with Crippen molar-refractivity contribution < 1.29 is 9.53 Å². The Kier molecular flexibility index (Phi) is 2.39. The predicted octanol–water partition coefficient (Wildman–Crippen LogP) is 2.13. The molecule has 1 aromatic carbocycles. The summed E-state index contributed by atoms with van der Waals surface area (Å²) < 4.78 is 5.41. The monoisotopic (exact) mass is 205 g/mol. The summed E-state index contributed by atoms with van der Waals surface area (Å²) in [4.78, 5) is 13.5. The van der Waals surface area contributed by atoms with E-state index in [4.69, 9.17) is 4.74 Å². The van der Waals surface area contributed by atoms with Gasteiger partial charge in [-0.25, -0.2) is 0 Å². The maximum absolute atomic E-state index is 11.7. The van der Waals surface area contributed by atoms with Gasteiger partial charge in [-0.3, -0.25) is 4.79 Å². The third-order valence-electron chi connectivity index (χ3n) is 2.51. The highest BCUT2D eigenvalue weighted by atomic mass is 16.5. The molecule has 80 valence electrons. The zero-order chi connectivity index (χ0) is 11.0. The van der Waals surface area contributed by atoms with Crippen LogP contribution in [-0.2, 0) is 4.79 Å². The summed E-state index contributed by atoms with van der Waals surface area (Å²) in [6.45, 7) is 6.17. The number of carbonyl (C=O) groups excluding carboxylic acids is 1. The van der Waals surface area contributed by atoms with Crippen molar-refractivity contribution in [1.82, 2.24) is 0 Å². The number of amides is 1. The van der Waals surface area contributed by atoms with E-state index in [9.17, 15) is 4.79 Å². The van der Waals surface area contributed by atoms with Crippen LogP contribution in [0.4, 0.5) is 5.69 Å². The maximum atomic E-state index is 11.7. The molecule has 0 bridgehead atoms. The number of hydrogen-bond donors (Lipinski definition) is 0. The van der Waals surface area contributed by atoms with E-state index in [0.717, 1.165) is 17.0 Å². The van der Waals surface area contributed by atoms with E-state index >= 15 is 0 Å². The maximum Gasteiger partial charge on any atom is 0.265 e. The molecule has 2 rings (SSSR count). The summed E-state index contributed by atoms with van der Waals surface area (Å²) in [7, 11) is 0. The van der Waals surface area contributed by atoms with Gasteiger partial charge in [-0.2, -0.15) is 0 Å². The van der Waals surface area contributed by atoms with Gasteiger partial charge in [0.25, 0.3) is 5.91 Å². The largest absolute Gasteiger partial charge is 0.482 e. The van der Waals surface area contributed by atoms with Gasteiger partial charge in [0.1, 0.15) is 5.75 Å². The number of hydrogen-bond acceptors (Lipinski definition) is 2. The summed E-state index contributed by atoms with van der Waals surface area (Å²) in [6, 6.07) is 6.08. The molecule has 0 atom stereocenters. The van der Waals surface area contributed by atoms with E-state index in [0.29, 0.717) is 0 Å². The molecule has 0 radical (unpaired) electrons. The Morgan fingerprint density at radius 1 is 1.40 bits per heavy atom. The van der Waals surface area contributed by atoms with Crippen LogP contribution in [-0.4, -0.2) is 18.6 Å². The second-order valence-corrected chi connectivity index (χ2v) is 4.12. The van der Waals surface area contributed by atoms with Gasteiger partial charge in [0, 0.05) is 6.04 Å². The summed E-state index contributed by atoms with van der Waals surface area (Å²) in [5.74, 6) is 0.838. The molecule has 1 aliphatic rings. The third-order valence-corrected chi connectivity index (χ3v) is 2.51. The first-order valence-corrected chi connectivity index (χ1v) is 5.15. The zero-order valence-corrected chi connectivity index (χ0v) is 9.28. The highest BCUT2D eigenvalue weighted by Crippen LogP contribution is 2.33. The van der Waals surface area contributed by atoms with Crippen LogP contribution in [0.3, 0.4) is 0 Å². The van der Waals surface area contributed by atoms with Crippen molar-refractivity contribution in [2.75, 3.05) is 11.5 Å². The smallest absolute Gasteiger partial charge is 0.265 e. The lowest BCUT2D eigenvalue weighted by Gasteiger charge is -2.32. The van der Waals surface area contributed by atoms with Crippen molar-refractivity contribution in [2.45, 2.75) is 26.8 Å². The summed E-state index contributed by atoms with van der Waals surface area (Å²) in [6.07, 6.45) is 0. The number of aryl methyl sites for hydroxylation is 1. The molecular formula is C12H15NO2. The van der Waals surface area contributed by atoms with Crippen LogP contribution in [0.25, 0.3) is 0 Å². The summed E-state index contributed by atoms with van der Waals surface area (Å²) in [5, 5.41) is 0. The summed E-state index contributed by atoms with van der Waals surface area (Å²) >= 11 is 0. The average Bonchev–Trinajstić information content (AvgIpc) is 2.17. The van der Waals surface area contributed by atoms with Crippen LogP contribution in [0.2, 0.25) is 0 Å². The van der Waals surface area contributed by atoms with E-state index in [2.05, 4.69) is 0 Å². The molecule has 0 N–H and O–H groups in total. The number of anilines is 1. The fourth-order valence-electron chi connectivity index (χ4n) is 1.85. The van der Waals surface area contributed by atoms with Crippen LogP contribution in [0.15, 0.2) is 18.2 Å². The molecule has 0 spiro atoms. The molecule has 1 aromatic rings. The number of fused-ring (bicyclic) bond motifs is 1. The Hall–Kier alpha value is -1.51. The third kappa shape index (κ3) is 1.69. The SMILES string of the molecule is Cc1ccc2c(c1)OCC(=O)N2C(C)C. The zero-order valence-electron chi connectivity index (χ0n) is 9.28.